The minimum absolute atomic E-state index is 0.0342. The second-order valence-corrected chi connectivity index (χ2v) is 4.97. The molecule has 0 aliphatic heterocycles. The quantitative estimate of drug-likeness (QED) is 0.699. The lowest BCUT2D eigenvalue weighted by Gasteiger charge is -2.05. The van der Waals surface area contributed by atoms with Gasteiger partial charge in [-0.05, 0) is 36.9 Å². The van der Waals surface area contributed by atoms with E-state index >= 15 is 0 Å². The van der Waals surface area contributed by atoms with Crippen molar-refractivity contribution in [1.82, 2.24) is 4.98 Å². The zero-order chi connectivity index (χ0) is 13.4. The molecule has 0 spiro atoms. The maximum atomic E-state index is 12.1. The molecule has 2 aromatic carbocycles. The van der Waals surface area contributed by atoms with Crippen LogP contribution in [0.25, 0.3) is 22.0 Å². The van der Waals surface area contributed by atoms with Crippen LogP contribution in [0, 0.1) is 13.8 Å². The molecule has 0 radical (unpaired) electrons. The number of pyridine rings is 1. The fourth-order valence-electron chi connectivity index (χ4n) is 2.28. The van der Waals surface area contributed by atoms with Gasteiger partial charge in [0.2, 0.25) is 0 Å². The van der Waals surface area contributed by atoms with E-state index in [1.54, 1.807) is 0 Å². The third kappa shape index (κ3) is 2.17. The molecular weight excluding hydrogens is 234 g/mol. The van der Waals surface area contributed by atoms with Gasteiger partial charge in [0.15, 0.2) is 0 Å². The van der Waals surface area contributed by atoms with Crippen LogP contribution in [0.3, 0.4) is 0 Å². The number of benzene rings is 2. The van der Waals surface area contributed by atoms with E-state index in [1.165, 1.54) is 5.56 Å². The molecule has 0 unspecified atom stereocenters. The van der Waals surface area contributed by atoms with Gasteiger partial charge in [-0.2, -0.15) is 0 Å². The molecule has 0 amide bonds. The van der Waals surface area contributed by atoms with E-state index in [0.29, 0.717) is 0 Å². The lowest BCUT2D eigenvalue weighted by Crippen LogP contribution is -2.07. The lowest BCUT2D eigenvalue weighted by atomic mass is 10.0. The first kappa shape index (κ1) is 11.7. The predicted molar refractivity (Wildman–Crippen MR) is 79.5 cm³/mol. The predicted octanol–water partition coefficient (Wildman–Crippen LogP) is 3.81. The second kappa shape index (κ2) is 4.39. The first-order valence-electron chi connectivity index (χ1n) is 6.34. The van der Waals surface area contributed by atoms with Crippen LogP contribution >= 0.6 is 0 Å². The van der Waals surface area contributed by atoms with Crippen molar-refractivity contribution in [3.8, 4) is 11.3 Å². The number of fused-ring (bicyclic) bond motifs is 1. The molecule has 0 atom stereocenters. The van der Waals surface area contributed by atoms with Crippen LogP contribution in [0.2, 0.25) is 0 Å². The van der Waals surface area contributed by atoms with Crippen molar-refractivity contribution < 1.29 is 0 Å². The number of hydrogen-bond donors (Lipinski definition) is 1. The number of aromatic nitrogens is 1. The molecule has 2 heteroatoms. The first-order valence-corrected chi connectivity index (χ1v) is 6.34. The lowest BCUT2D eigenvalue weighted by molar-refractivity contribution is 1.27. The molecule has 0 aliphatic rings. The Morgan fingerprint density at radius 3 is 2.26 bits per heavy atom. The van der Waals surface area contributed by atoms with Crippen LogP contribution in [0.4, 0.5) is 0 Å². The topological polar surface area (TPSA) is 32.9 Å². The van der Waals surface area contributed by atoms with E-state index in [2.05, 4.69) is 11.9 Å². The minimum Gasteiger partial charge on any atom is -0.321 e. The van der Waals surface area contributed by atoms with Crippen LogP contribution in [0.1, 0.15) is 11.1 Å². The van der Waals surface area contributed by atoms with Gasteiger partial charge in [-0.1, -0.05) is 47.5 Å². The number of aryl methyl sites for hydroxylation is 2. The van der Waals surface area contributed by atoms with E-state index in [9.17, 15) is 4.79 Å². The Bertz CT molecular complexity index is 798. The molecule has 2 nitrogen and oxygen atoms in total. The summed E-state index contributed by atoms with van der Waals surface area (Å²) >= 11 is 0. The van der Waals surface area contributed by atoms with Crippen molar-refractivity contribution in [2.75, 3.05) is 0 Å². The standard InChI is InChI=1S/C17H15NO/c1-11-3-6-13(7-4-11)16-10-14-9-12(2)5-8-15(14)17(19)18-16/h3-10H,1-2H3,(H,18,19). The Labute approximate surface area is 111 Å². The summed E-state index contributed by atoms with van der Waals surface area (Å²) < 4.78 is 0. The molecule has 3 aromatic rings. The summed E-state index contributed by atoms with van der Waals surface area (Å²) in [5.41, 5.74) is 4.23. The molecule has 1 aromatic heterocycles. The Balaban J connectivity index is 2.25. The largest absolute Gasteiger partial charge is 0.321 e. The van der Waals surface area contributed by atoms with E-state index in [0.717, 1.165) is 27.6 Å². The number of H-pyrrole nitrogens is 1. The normalized spacial score (nSPS) is 10.8. The van der Waals surface area contributed by atoms with Crippen molar-refractivity contribution >= 4 is 10.8 Å². The minimum atomic E-state index is -0.0342. The van der Waals surface area contributed by atoms with Gasteiger partial charge in [0.1, 0.15) is 0 Å². The Kier molecular flexibility index (Phi) is 2.71. The molecule has 0 saturated heterocycles. The fraction of sp³-hybridized carbons (Fsp3) is 0.118. The number of rotatable bonds is 1. The van der Waals surface area contributed by atoms with Crippen LogP contribution in [0.15, 0.2) is 53.3 Å². The summed E-state index contributed by atoms with van der Waals surface area (Å²) in [5, 5.41) is 1.72. The highest BCUT2D eigenvalue weighted by atomic mass is 16.1. The van der Waals surface area contributed by atoms with E-state index in [-0.39, 0.29) is 5.56 Å². The van der Waals surface area contributed by atoms with Crippen LogP contribution in [-0.4, -0.2) is 4.98 Å². The van der Waals surface area contributed by atoms with Crippen molar-refractivity contribution in [3.63, 3.8) is 0 Å². The highest BCUT2D eigenvalue weighted by molar-refractivity contribution is 5.85. The van der Waals surface area contributed by atoms with Gasteiger partial charge in [0, 0.05) is 11.1 Å². The van der Waals surface area contributed by atoms with E-state index in [4.69, 9.17) is 0 Å². The van der Waals surface area contributed by atoms with Crippen molar-refractivity contribution in [1.29, 1.82) is 0 Å². The van der Waals surface area contributed by atoms with Crippen LogP contribution in [-0.2, 0) is 0 Å². The first-order chi connectivity index (χ1) is 9.13. The zero-order valence-corrected chi connectivity index (χ0v) is 11.0. The van der Waals surface area contributed by atoms with Crippen molar-refractivity contribution in [3.05, 3.63) is 70.0 Å². The summed E-state index contributed by atoms with van der Waals surface area (Å²) in [6.45, 7) is 4.09. The number of aromatic amines is 1. The molecule has 0 aliphatic carbocycles. The van der Waals surface area contributed by atoms with Gasteiger partial charge in [0.25, 0.3) is 5.56 Å². The smallest absolute Gasteiger partial charge is 0.256 e. The van der Waals surface area contributed by atoms with Gasteiger partial charge < -0.3 is 4.98 Å². The van der Waals surface area contributed by atoms with E-state index in [1.807, 2.05) is 55.5 Å². The van der Waals surface area contributed by atoms with Gasteiger partial charge in [-0.3, -0.25) is 4.79 Å². The fourth-order valence-corrected chi connectivity index (χ4v) is 2.28. The third-order valence-electron chi connectivity index (χ3n) is 3.36. The Morgan fingerprint density at radius 1 is 0.842 bits per heavy atom. The van der Waals surface area contributed by atoms with Gasteiger partial charge >= 0.3 is 0 Å². The average Bonchev–Trinajstić information content (AvgIpc) is 2.38. The SMILES string of the molecule is Cc1ccc(-c2cc3cc(C)ccc3c(=O)[nH]2)cc1. The van der Waals surface area contributed by atoms with Crippen molar-refractivity contribution in [2.24, 2.45) is 0 Å². The zero-order valence-electron chi connectivity index (χ0n) is 11.0. The summed E-state index contributed by atoms with van der Waals surface area (Å²) in [7, 11) is 0. The van der Waals surface area contributed by atoms with Crippen molar-refractivity contribution in [2.45, 2.75) is 13.8 Å². The molecule has 3 rings (SSSR count). The maximum Gasteiger partial charge on any atom is 0.256 e. The molecule has 0 bridgehead atoms. The second-order valence-electron chi connectivity index (χ2n) is 4.97. The monoisotopic (exact) mass is 249 g/mol. The maximum absolute atomic E-state index is 12.1. The summed E-state index contributed by atoms with van der Waals surface area (Å²) in [4.78, 5) is 15.0. The summed E-state index contributed by atoms with van der Waals surface area (Å²) in [6, 6.07) is 16.1. The van der Waals surface area contributed by atoms with Crippen LogP contribution < -0.4 is 5.56 Å². The highest BCUT2D eigenvalue weighted by Crippen LogP contribution is 2.21. The Hall–Kier alpha value is -2.35. The summed E-state index contributed by atoms with van der Waals surface area (Å²) in [6.07, 6.45) is 0. The van der Waals surface area contributed by atoms with Gasteiger partial charge in [0.05, 0.1) is 0 Å². The molecule has 19 heavy (non-hydrogen) atoms. The molecular formula is C17H15NO. The number of nitrogens with one attached hydrogen (secondary N) is 1. The molecule has 0 saturated carbocycles. The third-order valence-corrected chi connectivity index (χ3v) is 3.36. The molecule has 94 valence electrons. The van der Waals surface area contributed by atoms with Gasteiger partial charge in [-0.15, -0.1) is 0 Å². The van der Waals surface area contributed by atoms with Crippen LogP contribution in [0.5, 0.6) is 0 Å². The van der Waals surface area contributed by atoms with Gasteiger partial charge in [-0.25, -0.2) is 0 Å². The summed E-state index contributed by atoms with van der Waals surface area (Å²) in [5.74, 6) is 0. The Morgan fingerprint density at radius 2 is 1.53 bits per heavy atom. The van der Waals surface area contributed by atoms with E-state index < -0.39 is 0 Å². The molecule has 1 heterocycles. The average molecular weight is 249 g/mol. The highest BCUT2D eigenvalue weighted by Gasteiger charge is 2.04. The molecule has 1 N–H and O–H groups in total. The molecule has 0 fully saturated rings. The number of hydrogen-bond acceptors (Lipinski definition) is 1.